The maximum Gasteiger partial charge on any atom is 0.216 e. The van der Waals surface area contributed by atoms with Gasteiger partial charge in [-0.1, -0.05) is 0 Å². The number of hydrogen-bond acceptors (Lipinski definition) is 4. The van der Waals surface area contributed by atoms with Gasteiger partial charge < -0.3 is 10.5 Å². The highest BCUT2D eigenvalue weighted by Crippen LogP contribution is 2.42. The summed E-state index contributed by atoms with van der Waals surface area (Å²) in [5, 5.41) is 0. The van der Waals surface area contributed by atoms with Crippen molar-refractivity contribution in [2.24, 2.45) is 5.73 Å². The van der Waals surface area contributed by atoms with Crippen LogP contribution in [0.5, 0.6) is 5.88 Å². The molecular formula is C9H13N3O. The van der Waals surface area contributed by atoms with Crippen LogP contribution in [0.25, 0.3) is 0 Å². The average molecular weight is 179 g/mol. The minimum Gasteiger partial charge on any atom is -0.481 e. The van der Waals surface area contributed by atoms with Crippen molar-refractivity contribution >= 4 is 0 Å². The Kier molecular flexibility index (Phi) is 1.73. The molecular weight excluding hydrogens is 166 g/mol. The maximum absolute atomic E-state index is 6.01. The second-order valence-corrected chi connectivity index (χ2v) is 3.50. The van der Waals surface area contributed by atoms with Gasteiger partial charge >= 0.3 is 0 Å². The molecule has 1 aliphatic carbocycles. The zero-order valence-corrected chi connectivity index (χ0v) is 7.87. The topological polar surface area (TPSA) is 61.0 Å². The molecule has 70 valence electrons. The lowest BCUT2D eigenvalue weighted by Gasteiger charge is -2.09. The van der Waals surface area contributed by atoms with E-state index in [0.717, 1.165) is 18.5 Å². The summed E-state index contributed by atoms with van der Waals surface area (Å²) in [7, 11) is 1.60. The Morgan fingerprint density at radius 2 is 2.15 bits per heavy atom. The van der Waals surface area contributed by atoms with E-state index in [2.05, 4.69) is 9.97 Å². The number of methoxy groups -OCH3 is 1. The third kappa shape index (κ3) is 1.49. The van der Waals surface area contributed by atoms with Gasteiger partial charge in [0.1, 0.15) is 5.82 Å². The first-order valence-corrected chi connectivity index (χ1v) is 4.33. The molecule has 4 nitrogen and oxygen atoms in total. The zero-order valence-electron chi connectivity index (χ0n) is 7.87. The first kappa shape index (κ1) is 8.44. The minimum atomic E-state index is -0.207. The first-order chi connectivity index (χ1) is 6.14. The van der Waals surface area contributed by atoms with E-state index in [1.807, 2.05) is 13.0 Å². The molecule has 1 aromatic rings. The van der Waals surface area contributed by atoms with Gasteiger partial charge in [0.05, 0.1) is 18.3 Å². The molecule has 0 aliphatic heterocycles. The van der Waals surface area contributed by atoms with Gasteiger partial charge in [-0.05, 0) is 19.8 Å². The van der Waals surface area contributed by atoms with Crippen molar-refractivity contribution in [3.05, 3.63) is 17.6 Å². The zero-order chi connectivity index (χ0) is 9.47. The molecule has 1 heterocycles. The van der Waals surface area contributed by atoms with Gasteiger partial charge in [0.15, 0.2) is 0 Å². The Labute approximate surface area is 77.1 Å². The quantitative estimate of drug-likeness (QED) is 0.727. The second-order valence-electron chi connectivity index (χ2n) is 3.50. The van der Waals surface area contributed by atoms with Gasteiger partial charge in [-0.15, -0.1) is 0 Å². The van der Waals surface area contributed by atoms with E-state index < -0.39 is 0 Å². The van der Waals surface area contributed by atoms with Crippen LogP contribution < -0.4 is 10.5 Å². The SMILES string of the molecule is COc1cc(C2(N)CC2)nc(C)n1. The van der Waals surface area contributed by atoms with E-state index in [1.165, 1.54) is 0 Å². The van der Waals surface area contributed by atoms with Crippen molar-refractivity contribution in [3.63, 3.8) is 0 Å². The van der Waals surface area contributed by atoms with Gasteiger partial charge in [-0.25, -0.2) is 4.98 Å². The standard InChI is InChI=1S/C9H13N3O/c1-6-11-7(9(10)3-4-9)5-8(12-6)13-2/h5H,3-4,10H2,1-2H3. The first-order valence-electron chi connectivity index (χ1n) is 4.33. The summed E-state index contributed by atoms with van der Waals surface area (Å²) in [5.41, 5.74) is 6.71. The summed E-state index contributed by atoms with van der Waals surface area (Å²) >= 11 is 0. The Morgan fingerprint density at radius 3 is 2.69 bits per heavy atom. The Hall–Kier alpha value is -1.16. The smallest absolute Gasteiger partial charge is 0.216 e. The van der Waals surface area contributed by atoms with Crippen LogP contribution in [0.15, 0.2) is 6.07 Å². The van der Waals surface area contributed by atoms with Crippen LogP contribution in [0.2, 0.25) is 0 Å². The normalized spacial score (nSPS) is 18.4. The van der Waals surface area contributed by atoms with Crippen LogP contribution in [0.1, 0.15) is 24.4 Å². The molecule has 0 bridgehead atoms. The number of rotatable bonds is 2. The van der Waals surface area contributed by atoms with Crippen LogP contribution >= 0.6 is 0 Å². The summed E-state index contributed by atoms with van der Waals surface area (Å²) in [5.74, 6) is 1.31. The Bertz CT molecular complexity index is 334. The molecule has 1 aliphatic rings. The van der Waals surface area contributed by atoms with Crippen molar-refractivity contribution < 1.29 is 4.74 Å². The van der Waals surface area contributed by atoms with E-state index in [1.54, 1.807) is 7.11 Å². The highest BCUT2D eigenvalue weighted by molar-refractivity contribution is 5.27. The van der Waals surface area contributed by atoms with E-state index >= 15 is 0 Å². The molecule has 1 saturated carbocycles. The predicted molar refractivity (Wildman–Crippen MR) is 48.4 cm³/mol. The van der Waals surface area contributed by atoms with Crippen LogP contribution in [0.4, 0.5) is 0 Å². The summed E-state index contributed by atoms with van der Waals surface area (Å²) in [6.45, 7) is 1.84. The number of aryl methyl sites for hydroxylation is 1. The van der Waals surface area contributed by atoms with Crippen LogP contribution in [0.3, 0.4) is 0 Å². The van der Waals surface area contributed by atoms with Crippen molar-refractivity contribution in [1.29, 1.82) is 0 Å². The summed E-state index contributed by atoms with van der Waals surface area (Å²) in [6, 6.07) is 1.82. The van der Waals surface area contributed by atoms with Gasteiger partial charge in [-0.3, -0.25) is 0 Å². The summed E-state index contributed by atoms with van der Waals surface area (Å²) in [4.78, 5) is 8.40. The molecule has 0 saturated heterocycles. The highest BCUT2D eigenvalue weighted by atomic mass is 16.5. The largest absolute Gasteiger partial charge is 0.481 e. The lowest BCUT2D eigenvalue weighted by atomic mass is 10.2. The summed E-state index contributed by atoms with van der Waals surface area (Å²) in [6.07, 6.45) is 2.01. The molecule has 0 atom stereocenters. The van der Waals surface area contributed by atoms with Gasteiger partial charge in [-0.2, -0.15) is 4.98 Å². The third-order valence-corrected chi connectivity index (χ3v) is 2.32. The van der Waals surface area contributed by atoms with E-state index in [9.17, 15) is 0 Å². The Morgan fingerprint density at radius 1 is 1.46 bits per heavy atom. The second kappa shape index (κ2) is 2.67. The Balaban J connectivity index is 2.40. The summed E-state index contributed by atoms with van der Waals surface area (Å²) < 4.78 is 5.05. The average Bonchev–Trinajstić information content (AvgIpc) is 2.84. The van der Waals surface area contributed by atoms with Crippen molar-refractivity contribution in [2.75, 3.05) is 7.11 Å². The molecule has 13 heavy (non-hydrogen) atoms. The van der Waals surface area contributed by atoms with Gasteiger partial charge in [0.25, 0.3) is 0 Å². The molecule has 1 fully saturated rings. The fourth-order valence-electron chi connectivity index (χ4n) is 1.29. The molecule has 2 N–H and O–H groups in total. The number of hydrogen-bond donors (Lipinski definition) is 1. The molecule has 0 radical (unpaired) electrons. The van der Waals surface area contributed by atoms with Crippen LogP contribution in [-0.2, 0) is 5.54 Å². The molecule has 0 aromatic carbocycles. The minimum absolute atomic E-state index is 0.207. The number of ether oxygens (including phenoxy) is 1. The van der Waals surface area contributed by atoms with Crippen molar-refractivity contribution in [2.45, 2.75) is 25.3 Å². The molecule has 0 amide bonds. The molecule has 2 rings (SSSR count). The van der Waals surface area contributed by atoms with Crippen LogP contribution in [-0.4, -0.2) is 17.1 Å². The molecule has 4 heteroatoms. The monoisotopic (exact) mass is 179 g/mol. The van der Waals surface area contributed by atoms with Gasteiger partial charge in [0.2, 0.25) is 5.88 Å². The molecule has 1 aromatic heterocycles. The molecule has 0 unspecified atom stereocenters. The number of nitrogens with zero attached hydrogens (tertiary/aromatic N) is 2. The predicted octanol–water partition coefficient (Wildman–Crippen LogP) is 0.741. The van der Waals surface area contributed by atoms with Crippen molar-refractivity contribution in [3.8, 4) is 5.88 Å². The van der Waals surface area contributed by atoms with Crippen molar-refractivity contribution in [1.82, 2.24) is 9.97 Å². The maximum atomic E-state index is 6.01. The van der Waals surface area contributed by atoms with Crippen LogP contribution in [0, 0.1) is 6.92 Å². The lowest BCUT2D eigenvalue weighted by molar-refractivity contribution is 0.393. The molecule has 0 spiro atoms. The lowest BCUT2D eigenvalue weighted by Crippen LogP contribution is -2.21. The van der Waals surface area contributed by atoms with E-state index in [0.29, 0.717) is 11.7 Å². The van der Waals surface area contributed by atoms with Gasteiger partial charge in [0, 0.05) is 6.07 Å². The van der Waals surface area contributed by atoms with E-state index in [-0.39, 0.29) is 5.54 Å². The number of nitrogens with two attached hydrogens (primary N) is 1. The fraction of sp³-hybridized carbons (Fsp3) is 0.556. The third-order valence-electron chi connectivity index (χ3n) is 2.32. The number of aromatic nitrogens is 2. The highest BCUT2D eigenvalue weighted by Gasteiger charge is 2.42. The fourth-order valence-corrected chi connectivity index (χ4v) is 1.29. The van der Waals surface area contributed by atoms with E-state index in [4.69, 9.17) is 10.5 Å².